The average Bonchev–Trinajstić information content (AvgIpc) is 3.19. The lowest BCUT2D eigenvalue weighted by Crippen LogP contribution is -2.22. The van der Waals surface area contributed by atoms with E-state index in [0.29, 0.717) is 17.1 Å². The Morgan fingerprint density at radius 3 is 2.62 bits per heavy atom. The van der Waals surface area contributed by atoms with E-state index in [-0.39, 0.29) is 5.91 Å². The molecule has 5 heteroatoms. The van der Waals surface area contributed by atoms with Gasteiger partial charge in [0.25, 0.3) is 5.91 Å². The molecule has 128 valence electrons. The number of fused-ring (bicyclic) bond motifs is 1. The lowest BCUT2D eigenvalue weighted by atomic mass is 10.0. The van der Waals surface area contributed by atoms with Crippen LogP contribution < -0.4 is 5.32 Å². The van der Waals surface area contributed by atoms with Crippen LogP contribution in [0.4, 0.5) is 0 Å². The second-order valence-corrected chi connectivity index (χ2v) is 7.31. The molecule has 0 unspecified atom stereocenters. The van der Waals surface area contributed by atoms with Crippen LogP contribution in [0.15, 0.2) is 72.1 Å². The summed E-state index contributed by atoms with van der Waals surface area (Å²) in [6.45, 7) is 0.517. The van der Waals surface area contributed by atoms with E-state index < -0.39 is 0 Å². The van der Waals surface area contributed by atoms with Crippen LogP contribution in [0.5, 0.6) is 0 Å². The fourth-order valence-electron chi connectivity index (χ4n) is 2.81. The standard InChI is InChI=1S/C21H15ClN2OS/c22-15-9-7-14(8-10-15)20-12-18(17-5-1-2-6-19(17)24-20)21(25)23-13-16-4-3-11-26-16/h1-12H,13H2,(H,23,25). The van der Waals surface area contributed by atoms with E-state index in [4.69, 9.17) is 16.6 Å². The lowest BCUT2D eigenvalue weighted by Gasteiger charge is -2.10. The van der Waals surface area contributed by atoms with Crippen molar-refractivity contribution in [1.29, 1.82) is 0 Å². The van der Waals surface area contributed by atoms with Crippen molar-refractivity contribution >= 4 is 39.7 Å². The molecule has 1 amide bonds. The number of carbonyl (C=O) groups is 1. The van der Waals surface area contributed by atoms with E-state index in [1.54, 1.807) is 11.3 Å². The molecule has 0 atom stereocenters. The van der Waals surface area contributed by atoms with Crippen molar-refractivity contribution < 1.29 is 4.79 Å². The van der Waals surface area contributed by atoms with E-state index in [1.165, 1.54) is 0 Å². The van der Waals surface area contributed by atoms with Crippen LogP contribution in [-0.2, 0) is 6.54 Å². The number of para-hydroxylation sites is 1. The van der Waals surface area contributed by atoms with Crippen molar-refractivity contribution in [3.8, 4) is 11.3 Å². The molecule has 4 rings (SSSR count). The van der Waals surface area contributed by atoms with Gasteiger partial charge in [-0.15, -0.1) is 11.3 Å². The largest absolute Gasteiger partial charge is 0.347 e. The zero-order chi connectivity index (χ0) is 17.9. The molecule has 3 nitrogen and oxygen atoms in total. The molecule has 0 bridgehead atoms. The summed E-state index contributed by atoms with van der Waals surface area (Å²) < 4.78 is 0. The molecule has 0 fully saturated rings. The Hall–Kier alpha value is -2.69. The molecule has 4 aromatic rings. The summed E-state index contributed by atoms with van der Waals surface area (Å²) >= 11 is 7.61. The van der Waals surface area contributed by atoms with Crippen molar-refractivity contribution in [2.24, 2.45) is 0 Å². The van der Waals surface area contributed by atoms with Gasteiger partial charge in [0.05, 0.1) is 23.3 Å². The number of carbonyl (C=O) groups excluding carboxylic acids is 1. The van der Waals surface area contributed by atoms with Crippen LogP contribution >= 0.6 is 22.9 Å². The van der Waals surface area contributed by atoms with Gasteiger partial charge in [-0.2, -0.15) is 0 Å². The van der Waals surface area contributed by atoms with Crippen LogP contribution in [0.25, 0.3) is 22.2 Å². The summed E-state index contributed by atoms with van der Waals surface area (Å²) in [5.74, 6) is -0.104. The molecule has 2 heterocycles. The number of benzene rings is 2. The van der Waals surface area contributed by atoms with Gasteiger partial charge in [0.1, 0.15) is 0 Å². The second kappa shape index (κ2) is 7.28. The highest BCUT2D eigenvalue weighted by atomic mass is 35.5. The second-order valence-electron chi connectivity index (χ2n) is 5.84. The summed E-state index contributed by atoms with van der Waals surface area (Å²) in [6.07, 6.45) is 0. The Kier molecular flexibility index (Phi) is 4.69. The van der Waals surface area contributed by atoms with Gasteiger partial charge in [0.2, 0.25) is 0 Å². The third-order valence-electron chi connectivity index (χ3n) is 4.10. The third-order valence-corrected chi connectivity index (χ3v) is 5.23. The number of hydrogen-bond donors (Lipinski definition) is 1. The molecular formula is C21H15ClN2OS. The molecule has 0 saturated heterocycles. The first-order valence-corrected chi connectivity index (χ1v) is 9.43. The Morgan fingerprint density at radius 2 is 1.85 bits per heavy atom. The maximum Gasteiger partial charge on any atom is 0.252 e. The molecule has 0 saturated carbocycles. The van der Waals surface area contributed by atoms with Gasteiger partial charge in [-0.3, -0.25) is 4.79 Å². The van der Waals surface area contributed by atoms with Crippen molar-refractivity contribution in [3.63, 3.8) is 0 Å². The van der Waals surface area contributed by atoms with Crippen molar-refractivity contribution in [1.82, 2.24) is 10.3 Å². The van der Waals surface area contributed by atoms with E-state index in [1.807, 2.05) is 72.1 Å². The van der Waals surface area contributed by atoms with E-state index >= 15 is 0 Å². The van der Waals surface area contributed by atoms with Gasteiger partial charge in [0.15, 0.2) is 0 Å². The topological polar surface area (TPSA) is 42.0 Å². The molecule has 1 N–H and O–H groups in total. The monoisotopic (exact) mass is 378 g/mol. The van der Waals surface area contributed by atoms with Crippen LogP contribution in [0, 0.1) is 0 Å². The predicted octanol–water partition coefficient (Wildman–Crippen LogP) is 5.55. The fraction of sp³-hybridized carbons (Fsp3) is 0.0476. The minimum Gasteiger partial charge on any atom is -0.347 e. The average molecular weight is 379 g/mol. The third kappa shape index (κ3) is 3.47. The van der Waals surface area contributed by atoms with E-state index in [0.717, 1.165) is 27.0 Å². The molecule has 2 aromatic carbocycles. The Labute approximate surface area is 160 Å². The van der Waals surface area contributed by atoms with Gasteiger partial charge >= 0.3 is 0 Å². The summed E-state index contributed by atoms with van der Waals surface area (Å²) in [5.41, 5.74) is 3.09. The maximum absolute atomic E-state index is 12.8. The SMILES string of the molecule is O=C(NCc1cccs1)c1cc(-c2ccc(Cl)cc2)nc2ccccc12. The van der Waals surface area contributed by atoms with Gasteiger partial charge in [-0.25, -0.2) is 4.98 Å². The van der Waals surface area contributed by atoms with Crippen LogP contribution in [0.3, 0.4) is 0 Å². The molecule has 26 heavy (non-hydrogen) atoms. The highest BCUT2D eigenvalue weighted by molar-refractivity contribution is 7.09. The molecule has 0 spiro atoms. The summed E-state index contributed by atoms with van der Waals surface area (Å²) in [7, 11) is 0. The van der Waals surface area contributed by atoms with Crippen LogP contribution in [0.1, 0.15) is 15.2 Å². The van der Waals surface area contributed by atoms with Gasteiger partial charge in [-0.1, -0.05) is 48.0 Å². The zero-order valence-electron chi connectivity index (χ0n) is 13.8. The number of pyridine rings is 1. The number of nitrogens with zero attached hydrogens (tertiary/aromatic N) is 1. The number of aromatic nitrogens is 1. The molecular weight excluding hydrogens is 364 g/mol. The first-order chi connectivity index (χ1) is 12.7. The molecule has 0 aliphatic carbocycles. The van der Waals surface area contributed by atoms with Gasteiger partial charge in [0, 0.05) is 20.8 Å². The van der Waals surface area contributed by atoms with Crippen LogP contribution in [-0.4, -0.2) is 10.9 Å². The summed E-state index contributed by atoms with van der Waals surface area (Å²) in [4.78, 5) is 18.7. The highest BCUT2D eigenvalue weighted by Gasteiger charge is 2.14. The van der Waals surface area contributed by atoms with Crippen LogP contribution in [0.2, 0.25) is 5.02 Å². The van der Waals surface area contributed by atoms with E-state index in [9.17, 15) is 4.79 Å². The lowest BCUT2D eigenvalue weighted by molar-refractivity contribution is 0.0953. The molecule has 0 aliphatic heterocycles. The van der Waals surface area contributed by atoms with E-state index in [2.05, 4.69) is 5.32 Å². The zero-order valence-corrected chi connectivity index (χ0v) is 15.3. The quantitative estimate of drug-likeness (QED) is 0.506. The molecule has 0 aliphatic rings. The first-order valence-electron chi connectivity index (χ1n) is 8.17. The van der Waals surface area contributed by atoms with Gasteiger partial charge in [-0.05, 0) is 35.7 Å². The van der Waals surface area contributed by atoms with Gasteiger partial charge < -0.3 is 5.32 Å². The normalized spacial score (nSPS) is 10.8. The van der Waals surface area contributed by atoms with Crippen molar-refractivity contribution in [2.45, 2.75) is 6.54 Å². The summed E-state index contributed by atoms with van der Waals surface area (Å²) in [6, 6.07) is 21.0. The highest BCUT2D eigenvalue weighted by Crippen LogP contribution is 2.26. The molecule has 0 radical (unpaired) electrons. The number of hydrogen-bond acceptors (Lipinski definition) is 3. The Bertz CT molecular complexity index is 1060. The number of thiophene rings is 1. The molecule has 2 aromatic heterocycles. The van der Waals surface area contributed by atoms with Crippen molar-refractivity contribution in [2.75, 3.05) is 0 Å². The number of amides is 1. The fourth-order valence-corrected chi connectivity index (χ4v) is 3.58. The summed E-state index contributed by atoms with van der Waals surface area (Å²) in [5, 5.41) is 6.52. The minimum absolute atomic E-state index is 0.104. The van der Waals surface area contributed by atoms with Crippen molar-refractivity contribution in [3.05, 3.63) is 87.6 Å². The Balaban J connectivity index is 1.74. The number of rotatable bonds is 4. The number of halogens is 1. The minimum atomic E-state index is -0.104. The smallest absolute Gasteiger partial charge is 0.252 e. The maximum atomic E-state index is 12.8. The first kappa shape index (κ1) is 16.8. The Morgan fingerprint density at radius 1 is 1.04 bits per heavy atom. The predicted molar refractivity (Wildman–Crippen MR) is 108 cm³/mol. The number of nitrogens with one attached hydrogen (secondary N) is 1.